The van der Waals surface area contributed by atoms with Gasteiger partial charge >= 0.3 is 0 Å². The fraction of sp³-hybridized carbons (Fsp3) is 0.250. The fourth-order valence-electron chi connectivity index (χ4n) is 1.67. The number of aromatic nitrogens is 3. The Balaban J connectivity index is 2.04. The van der Waals surface area contributed by atoms with Crippen LogP contribution in [0.2, 0.25) is 0 Å². The van der Waals surface area contributed by atoms with E-state index in [-0.39, 0.29) is 11.5 Å². The monoisotopic (exact) mass is 275 g/mol. The van der Waals surface area contributed by atoms with Crippen LogP contribution in [0.1, 0.15) is 16.8 Å². The van der Waals surface area contributed by atoms with Crippen molar-refractivity contribution in [2.24, 2.45) is 0 Å². The molecule has 104 valence electrons. The molecule has 0 spiro atoms. The van der Waals surface area contributed by atoms with Crippen LogP contribution < -0.4 is 11.0 Å². The number of anilines is 1. The third-order valence-electron chi connectivity index (χ3n) is 2.73. The maximum Gasteiger partial charge on any atom is 0.265 e. The molecule has 2 aromatic heterocycles. The summed E-state index contributed by atoms with van der Waals surface area (Å²) in [6.07, 6.45) is 4.25. The number of pyridine rings is 1. The fourth-order valence-corrected chi connectivity index (χ4v) is 1.67. The third-order valence-corrected chi connectivity index (χ3v) is 2.73. The number of aromatic amines is 1. The van der Waals surface area contributed by atoms with Crippen LogP contribution in [0.3, 0.4) is 0 Å². The van der Waals surface area contributed by atoms with E-state index in [2.05, 4.69) is 15.0 Å². The number of aryl methyl sites for hydroxylation is 3. The first-order chi connectivity index (χ1) is 9.54. The molecule has 0 aliphatic rings. The van der Waals surface area contributed by atoms with E-state index in [0.717, 1.165) is 11.3 Å². The molecule has 0 radical (unpaired) electrons. The maximum atomic E-state index is 11.7. The highest BCUT2D eigenvalue weighted by molar-refractivity contribution is 5.22. The van der Waals surface area contributed by atoms with Crippen molar-refractivity contribution in [3.8, 4) is 0 Å². The average molecular weight is 275 g/mol. The summed E-state index contributed by atoms with van der Waals surface area (Å²) < 4.78 is 0. The number of nitrogens with zero attached hydrogens (tertiary/aromatic N) is 3. The summed E-state index contributed by atoms with van der Waals surface area (Å²) in [4.78, 5) is 32.2. The van der Waals surface area contributed by atoms with Gasteiger partial charge in [0.25, 0.3) is 11.5 Å². The molecule has 2 aromatic rings. The first kappa shape index (κ1) is 13.7. The van der Waals surface area contributed by atoms with E-state index in [0.29, 0.717) is 18.4 Å². The predicted octanol–water partition coefficient (Wildman–Crippen LogP) is 0.862. The zero-order chi connectivity index (χ0) is 14.5. The van der Waals surface area contributed by atoms with Gasteiger partial charge in [-0.1, -0.05) is 11.5 Å². The Morgan fingerprint density at radius 2 is 2.10 bits per heavy atom. The lowest BCUT2D eigenvalue weighted by Crippen LogP contribution is -2.19. The van der Waals surface area contributed by atoms with Crippen molar-refractivity contribution >= 4 is 5.95 Å². The molecule has 8 heteroatoms. The molecule has 0 saturated heterocycles. The largest absolute Gasteiger partial charge is 0.288 e. The van der Waals surface area contributed by atoms with Crippen molar-refractivity contribution < 1.29 is 5.03 Å². The Kier molecular flexibility index (Phi) is 4.04. The van der Waals surface area contributed by atoms with Crippen molar-refractivity contribution in [2.45, 2.75) is 19.8 Å². The van der Waals surface area contributed by atoms with Gasteiger partial charge < -0.3 is 0 Å². The summed E-state index contributed by atoms with van der Waals surface area (Å²) in [6.45, 7) is 1.90. The molecule has 0 unspecified atom stereocenters. The molecule has 0 bridgehead atoms. The van der Waals surface area contributed by atoms with Gasteiger partial charge in [-0.2, -0.15) is 0 Å². The Bertz CT molecular complexity index is 666. The number of rotatable bonds is 5. The lowest BCUT2D eigenvalue weighted by molar-refractivity contribution is -0.446. The highest BCUT2D eigenvalue weighted by atomic mass is 16.7. The number of H-pyrrole nitrogens is 1. The highest BCUT2D eigenvalue weighted by Crippen LogP contribution is 2.04. The van der Waals surface area contributed by atoms with Crippen LogP contribution in [0.5, 0.6) is 0 Å². The first-order valence-electron chi connectivity index (χ1n) is 5.95. The van der Waals surface area contributed by atoms with Crippen LogP contribution in [-0.2, 0) is 12.8 Å². The van der Waals surface area contributed by atoms with Crippen molar-refractivity contribution in [1.82, 2.24) is 15.0 Å². The molecule has 2 rings (SSSR count). The van der Waals surface area contributed by atoms with E-state index < -0.39 is 5.03 Å². The van der Waals surface area contributed by atoms with Crippen LogP contribution in [0.25, 0.3) is 0 Å². The van der Waals surface area contributed by atoms with E-state index in [1.54, 1.807) is 11.6 Å². The second-order valence-electron chi connectivity index (χ2n) is 4.26. The molecule has 2 heterocycles. The lowest BCUT2D eigenvalue weighted by Gasteiger charge is -2.02. The summed E-state index contributed by atoms with van der Waals surface area (Å²) in [6, 6.07) is 3.86. The number of hydrogen-bond acceptors (Lipinski definition) is 5. The van der Waals surface area contributed by atoms with Gasteiger partial charge in [-0.3, -0.25) is 14.8 Å². The second-order valence-corrected chi connectivity index (χ2v) is 4.26. The Morgan fingerprint density at radius 1 is 1.30 bits per heavy atom. The normalized spacial score (nSPS) is 10.2. The van der Waals surface area contributed by atoms with Crippen molar-refractivity contribution in [1.29, 1.82) is 0 Å². The van der Waals surface area contributed by atoms with E-state index in [4.69, 9.17) is 0 Å². The van der Waals surface area contributed by atoms with Crippen molar-refractivity contribution in [3.63, 3.8) is 0 Å². The van der Waals surface area contributed by atoms with Gasteiger partial charge in [0, 0.05) is 23.7 Å². The van der Waals surface area contributed by atoms with Gasteiger partial charge in [0.2, 0.25) is 0 Å². The Morgan fingerprint density at radius 3 is 2.70 bits per heavy atom. The third kappa shape index (κ3) is 3.61. The zero-order valence-electron chi connectivity index (χ0n) is 10.8. The van der Waals surface area contributed by atoms with E-state index >= 15 is 0 Å². The van der Waals surface area contributed by atoms with Gasteiger partial charge in [0.15, 0.2) is 5.03 Å². The minimum atomic E-state index is -0.782. The first-order valence-corrected chi connectivity index (χ1v) is 5.95. The molecule has 8 nitrogen and oxygen atoms in total. The molecule has 0 aliphatic carbocycles. The van der Waals surface area contributed by atoms with Crippen LogP contribution in [0.15, 0.2) is 29.3 Å². The molecule has 0 atom stereocenters. The van der Waals surface area contributed by atoms with Crippen LogP contribution >= 0.6 is 0 Å². The smallest absolute Gasteiger partial charge is 0.265 e. The number of hydrogen-bond donors (Lipinski definition) is 2. The summed E-state index contributed by atoms with van der Waals surface area (Å²) in [5, 5.41) is 9.45. The summed E-state index contributed by atoms with van der Waals surface area (Å²) in [5.74, 6) is -0.180. The average Bonchev–Trinajstić information content (AvgIpc) is 2.39. The molecule has 0 fully saturated rings. The van der Waals surface area contributed by atoms with Crippen LogP contribution in [-0.4, -0.2) is 20.0 Å². The molecule has 20 heavy (non-hydrogen) atoms. The minimum absolute atomic E-state index is 0.180. The molecule has 2 N–H and O–H groups in total. The lowest BCUT2D eigenvalue weighted by atomic mass is 10.1. The van der Waals surface area contributed by atoms with Gasteiger partial charge in [0.1, 0.15) is 0 Å². The maximum absolute atomic E-state index is 11.7. The highest BCUT2D eigenvalue weighted by Gasteiger charge is 2.06. The molecular weight excluding hydrogens is 262 g/mol. The molecule has 0 aliphatic heterocycles. The van der Waals surface area contributed by atoms with Gasteiger partial charge in [0.05, 0.1) is 0 Å². The van der Waals surface area contributed by atoms with Crippen LogP contribution in [0.4, 0.5) is 5.95 Å². The molecule has 0 saturated carbocycles. The van der Waals surface area contributed by atoms with Gasteiger partial charge in [-0.25, -0.2) is 15.1 Å². The zero-order valence-corrected chi connectivity index (χ0v) is 10.8. The Labute approximate surface area is 114 Å². The Hall–Kier alpha value is -2.77. The SMILES string of the molecule is Cc1ccc(CCc2cnc(N[N+](=O)[O-])[nH]c2=O)cn1. The number of nitro groups is 1. The second kappa shape index (κ2) is 5.91. The van der Waals surface area contributed by atoms with Crippen molar-refractivity contribution in [3.05, 3.63) is 61.8 Å². The molecule has 0 amide bonds. The van der Waals surface area contributed by atoms with Gasteiger partial charge in [-0.05, 0) is 31.4 Å². The summed E-state index contributed by atoms with van der Waals surface area (Å²) in [5.41, 5.74) is 3.84. The van der Waals surface area contributed by atoms with Gasteiger partial charge in [-0.15, -0.1) is 0 Å². The van der Waals surface area contributed by atoms with E-state index in [9.17, 15) is 14.9 Å². The van der Waals surface area contributed by atoms with Crippen molar-refractivity contribution in [2.75, 3.05) is 5.43 Å². The number of hydrazine groups is 1. The molecular formula is C12H13N5O3. The standard InChI is InChI=1S/C12H13N5O3/c1-8-2-3-9(6-13-8)4-5-10-7-14-12(15-11(10)18)16-17(19)20/h2-3,6-7H,4-5H2,1H3,(H2,14,15,16,18). The van der Waals surface area contributed by atoms with E-state index in [1.165, 1.54) is 6.20 Å². The molecule has 0 aromatic carbocycles. The summed E-state index contributed by atoms with van der Waals surface area (Å²) in [7, 11) is 0. The predicted molar refractivity (Wildman–Crippen MR) is 71.9 cm³/mol. The minimum Gasteiger partial charge on any atom is -0.288 e. The topological polar surface area (TPSA) is 114 Å². The van der Waals surface area contributed by atoms with E-state index in [1.807, 2.05) is 19.1 Å². The van der Waals surface area contributed by atoms with Crippen LogP contribution in [0, 0.1) is 17.0 Å². The summed E-state index contributed by atoms with van der Waals surface area (Å²) >= 11 is 0. The number of nitrogens with one attached hydrogen (secondary N) is 2. The quantitative estimate of drug-likeness (QED) is 0.618.